The number of carbonyl (C=O) groups is 1. The molecule has 0 aromatic heterocycles. The summed E-state index contributed by atoms with van der Waals surface area (Å²) in [5, 5.41) is 13.5. The van der Waals surface area contributed by atoms with Crippen molar-refractivity contribution >= 4 is 23.0 Å². The molecule has 0 aliphatic carbocycles. The lowest BCUT2D eigenvalue weighted by molar-refractivity contribution is -0.892. The third kappa shape index (κ3) is 5.85. The van der Waals surface area contributed by atoms with E-state index in [4.69, 9.17) is 0 Å². The second-order valence-electron chi connectivity index (χ2n) is 6.64. The number of quaternary nitrogens is 1. The molecule has 1 amide bonds. The van der Waals surface area contributed by atoms with Crippen molar-refractivity contribution in [1.82, 2.24) is 0 Å². The molecule has 1 aliphatic heterocycles. The molecule has 2 aromatic carbocycles. The number of amides is 1. The van der Waals surface area contributed by atoms with Crippen LogP contribution in [0.2, 0.25) is 0 Å². The summed E-state index contributed by atoms with van der Waals surface area (Å²) < 4.78 is 28.6. The minimum atomic E-state index is -2.89. The lowest BCUT2D eigenvalue weighted by atomic mass is 10.2. The number of nitrogens with one attached hydrogen (secondary N) is 2. The van der Waals surface area contributed by atoms with Gasteiger partial charge in [0.2, 0.25) is 0 Å². The van der Waals surface area contributed by atoms with Crippen LogP contribution >= 0.6 is 0 Å². The van der Waals surface area contributed by atoms with Crippen molar-refractivity contribution in [2.75, 3.05) is 42.9 Å². The molecule has 3 rings (SSSR count). The van der Waals surface area contributed by atoms with Gasteiger partial charge >= 0.3 is 6.61 Å². The highest BCUT2D eigenvalue weighted by Crippen LogP contribution is 2.19. The SMILES string of the molecule is O=C(C[NH+]1CCN(c2ccc([N+](=O)[O-])cc2)CC1)Nc1ccc(OC(F)F)cc1. The number of nitro benzene ring substituents is 1. The van der Waals surface area contributed by atoms with Crippen LogP contribution in [-0.4, -0.2) is 50.2 Å². The summed E-state index contributed by atoms with van der Waals surface area (Å²) in [5.41, 5.74) is 1.49. The summed E-state index contributed by atoms with van der Waals surface area (Å²) in [6.45, 7) is 0.393. The molecule has 154 valence electrons. The molecule has 2 aromatic rings. The van der Waals surface area contributed by atoms with E-state index >= 15 is 0 Å². The Morgan fingerprint density at radius 3 is 2.31 bits per heavy atom. The molecule has 0 spiro atoms. The van der Waals surface area contributed by atoms with Crippen molar-refractivity contribution in [2.45, 2.75) is 6.61 Å². The van der Waals surface area contributed by atoms with Gasteiger partial charge in [-0.1, -0.05) is 0 Å². The largest absolute Gasteiger partial charge is 0.435 e. The number of rotatable bonds is 7. The first kappa shape index (κ1) is 20.5. The zero-order valence-corrected chi connectivity index (χ0v) is 15.5. The maximum absolute atomic E-state index is 12.2. The molecule has 1 aliphatic rings. The van der Waals surface area contributed by atoms with Gasteiger partial charge < -0.3 is 19.9 Å². The molecule has 0 bridgehead atoms. The number of hydrogen-bond acceptors (Lipinski definition) is 5. The molecule has 1 heterocycles. The van der Waals surface area contributed by atoms with Gasteiger partial charge in [-0.15, -0.1) is 0 Å². The normalized spacial score (nSPS) is 14.7. The van der Waals surface area contributed by atoms with E-state index < -0.39 is 11.5 Å². The fourth-order valence-electron chi connectivity index (χ4n) is 3.20. The number of hydrogen-bond donors (Lipinski definition) is 2. The Bertz CT molecular complexity index is 838. The molecule has 1 fully saturated rings. The van der Waals surface area contributed by atoms with Crippen LogP contribution in [0.1, 0.15) is 0 Å². The first-order valence-corrected chi connectivity index (χ1v) is 9.08. The quantitative estimate of drug-likeness (QED) is 0.537. The highest BCUT2D eigenvalue weighted by Gasteiger charge is 2.22. The number of carbonyl (C=O) groups excluding carboxylic acids is 1. The monoisotopic (exact) mass is 407 g/mol. The number of alkyl halides is 2. The van der Waals surface area contributed by atoms with Gasteiger partial charge in [0.25, 0.3) is 11.6 Å². The van der Waals surface area contributed by atoms with E-state index in [1.165, 1.54) is 36.4 Å². The predicted molar refractivity (Wildman–Crippen MR) is 103 cm³/mol. The smallest absolute Gasteiger partial charge is 0.387 e. The van der Waals surface area contributed by atoms with E-state index in [9.17, 15) is 23.7 Å². The van der Waals surface area contributed by atoms with Gasteiger partial charge in [-0.05, 0) is 36.4 Å². The Hall–Kier alpha value is -3.27. The second kappa shape index (κ2) is 9.28. The van der Waals surface area contributed by atoms with Gasteiger partial charge in [-0.2, -0.15) is 8.78 Å². The van der Waals surface area contributed by atoms with E-state index in [0.717, 1.165) is 36.8 Å². The zero-order chi connectivity index (χ0) is 20.8. The topological polar surface area (TPSA) is 89.2 Å². The Balaban J connectivity index is 1.45. The van der Waals surface area contributed by atoms with Gasteiger partial charge in [0.05, 0.1) is 31.1 Å². The first-order valence-electron chi connectivity index (χ1n) is 9.08. The van der Waals surface area contributed by atoms with E-state index in [1.54, 1.807) is 12.1 Å². The van der Waals surface area contributed by atoms with Crippen LogP contribution in [0.5, 0.6) is 5.75 Å². The Morgan fingerprint density at radius 1 is 1.14 bits per heavy atom. The first-order chi connectivity index (χ1) is 13.9. The zero-order valence-electron chi connectivity index (χ0n) is 15.5. The average Bonchev–Trinajstić information content (AvgIpc) is 2.70. The van der Waals surface area contributed by atoms with Crippen LogP contribution in [0.25, 0.3) is 0 Å². The van der Waals surface area contributed by atoms with Crippen LogP contribution in [0, 0.1) is 10.1 Å². The third-order valence-electron chi connectivity index (χ3n) is 4.67. The van der Waals surface area contributed by atoms with Crippen LogP contribution in [0.4, 0.5) is 25.8 Å². The summed E-state index contributed by atoms with van der Waals surface area (Å²) in [7, 11) is 0. The van der Waals surface area contributed by atoms with Gasteiger partial charge in [0.1, 0.15) is 5.75 Å². The molecule has 0 saturated carbocycles. The molecule has 0 atom stereocenters. The van der Waals surface area contributed by atoms with Gasteiger partial charge in [0.15, 0.2) is 6.54 Å². The van der Waals surface area contributed by atoms with Crippen LogP contribution in [0.3, 0.4) is 0 Å². The number of ether oxygens (including phenoxy) is 1. The van der Waals surface area contributed by atoms with Crippen LogP contribution < -0.4 is 19.9 Å². The molecule has 29 heavy (non-hydrogen) atoms. The fourth-order valence-corrected chi connectivity index (χ4v) is 3.20. The standard InChI is InChI=1S/C19H20F2N4O4/c20-19(21)29-17-7-1-14(2-8-17)22-18(26)13-23-9-11-24(12-10-23)15-3-5-16(6-4-15)25(27)28/h1-8,19H,9-13H2,(H,22,26)/p+1. The number of piperazine rings is 1. The Labute approximate surface area is 165 Å². The summed E-state index contributed by atoms with van der Waals surface area (Å²) in [4.78, 5) is 25.8. The summed E-state index contributed by atoms with van der Waals surface area (Å²) >= 11 is 0. The highest BCUT2D eigenvalue weighted by atomic mass is 19.3. The number of anilines is 2. The molecule has 1 saturated heterocycles. The number of non-ortho nitro benzene ring substituents is 1. The Kier molecular flexibility index (Phi) is 6.55. The summed E-state index contributed by atoms with van der Waals surface area (Å²) in [6.07, 6.45) is 0. The van der Waals surface area contributed by atoms with E-state index in [-0.39, 0.29) is 17.3 Å². The van der Waals surface area contributed by atoms with Crippen molar-refractivity contribution < 1.29 is 28.1 Å². The van der Waals surface area contributed by atoms with Crippen molar-refractivity contribution in [1.29, 1.82) is 0 Å². The minimum Gasteiger partial charge on any atom is -0.435 e. The molecular weight excluding hydrogens is 386 g/mol. The number of benzene rings is 2. The predicted octanol–water partition coefficient (Wildman–Crippen LogP) is 1.54. The minimum absolute atomic E-state index is 0.0333. The lowest BCUT2D eigenvalue weighted by Crippen LogP contribution is -3.15. The number of nitro groups is 1. The van der Waals surface area contributed by atoms with E-state index in [0.29, 0.717) is 12.2 Å². The van der Waals surface area contributed by atoms with E-state index in [2.05, 4.69) is 15.0 Å². The van der Waals surface area contributed by atoms with Crippen LogP contribution in [0.15, 0.2) is 48.5 Å². The van der Waals surface area contributed by atoms with Crippen LogP contribution in [-0.2, 0) is 4.79 Å². The summed E-state index contributed by atoms with van der Waals surface area (Å²) in [5.74, 6) is -0.127. The van der Waals surface area contributed by atoms with Gasteiger partial charge in [-0.25, -0.2) is 0 Å². The summed E-state index contributed by atoms with van der Waals surface area (Å²) in [6, 6.07) is 12.2. The van der Waals surface area contributed by atoms with E-state index in [1.807, 2.05) is 0 Å². The number of halogens is 2. The maximum atomic E-state index is 12.2. The Morgan fingerprint density at radius 2 is 1.76 bits per heavy atom. The van der Waals surface area contributed by atoms with Crippen molar-refractivity contribution in [3.8, 4) is 5.75 Å². The molecule has 2 N–H and O–H groups in total. The van der Waals surface area contributed by atoms with Gasteiger partial charge in [0, 0.05) is 23.5 Å². The average molecular weight is 407 g/mol. The van der Waals surface area contributed by atoms with Crippen molar-refractivity contribution in [3.05, 3.63) is 58.6 Å². The molecule has 0 radical (unpaired) electrons. The van der Waals surface area contributed by atoms with Crippen molar-refractivity contribution in [2.24, 2.45) is 0 Å². The molecule has 0 unspecified atom stereocenters. The number of nitrogens with zero attached hydrogens (tertiary/aromatic N) is 2. The van der Waals surface area contributed by atoms with Crippen molar-refractivity contribution in [3.63, 3.8) is 0 Å². The lowest BCUT2D eigenvalue weighted by Gasteiger charge is -2.33. The molecule has 8 nitrogen and oxygen atoms in total. The third-order valence-corrected chi connectivity index (χ3v) is 4.67. The fraction of sp³-hybridized carbons (Fsp3) is 0.316. The van der Waals surface area contributed by atoms with Gasteiger partial charge in [-0.3, -0.25) is 14.9 Å². The second-order valence-corrected chi connectivity index (χ2v) is 6.64. The molecular formula is C19H21F2N4O4+. The maximum Gasteiger partial charge on any atom is 0.387 e. The highest BCUT2D eigenvalue weighted by molar-refractivity contribution is 5.91. The molecule has 10 heteroatoms.